The normalized spacial score (nSPS) is 20.7. The van der Waals surface area contributed by atoms with Crippen molar-refractivity contribution in [2.24, 2.45) is 0 Å². The molecule has 2 aromatic rings. The number of nitrogens with one attached hydrogen (secondary N) is 1. The molecule has 7 nitrogen and oxygen atoms in total. The van der Waals surface area contributed by atoms with Crippen molar-refractivity contribution in [1.29, 1.82) is 0 Å². The second-order valence-corrected chi connectivity index (χ2v) is 9.64. The van der Waals surface area contributed by atoms with E-state index in [1.807, 2.05) is 0 Å². The summed E-state index contributed by atoms with van der Waals surface area (Å²) in [5.74, 6) is 2.59. The summed E-state index contributed by atoms with van der Waals surface area (Å²) in [6.07, 6.45) is 0.521. The second-order valence-electron chi connectivity index (χ2n) is 6.42. The summed E-state index contributed by atoms with van der Waals surface area (Å²) in [6.45, 7) is 0. The topological polar surface area (TPSA) is 90.3 Å². The van der Waals surface area contributed by atoms with E-state index in [2.05, 4.69) is 10.4 Å². The highest BCUT2D eigenvalue weighted by atomic mass is 32.2. The van der Waals surface area contributed by atoms with Gasteiger partial charge < -0.3 is 10.1 Å². The molecule has 0 saturated carbocycles. The summed E-state index contributed by atoms with van der Waals surface area (Å²) < 4.78 is 30.7. The Morgan fingerprint density at radius 2 is 2.15 bits per heavy atom. The van der Waals surface area contributed by atoms with Gasteiger partial charge in [0.25, 0.3) is 5.91 Å². The number of anilines is 1. The first-order valence-corrected chi connectivity index (χ1v) is 11.3. The summed E-state index contributed by atoms with van der Waals surface area (Å²) >= 11 is 1.74. The van der Waals surface area contributed by atoms with Gasteiger partial charge in [-0.05, 0) is 18.6 Å². The molecule has 1 unspecified atom stereocenters. The fraction of sp³-hybridized carbons (Fsp3) is 0.412. The first kappa shape index (κ1) is 17.4. The molecule has 1 atom stereocenters. The summed E-state index contributed by atoms with van der Waals surface area (Å²) in [6, 6.07) is 6.78. The molecule has 0 bridgehead atoms. The Balaban J connectivity index is 1.69. The SMILES string of the molecule is COc1ccccc1C(=O)Nc1c2c(nn1C1CCS(=O)(=O)C1)CSC2. The Hall–Kier alpha value is -2.00. The number of nitrogens with zero attached hydrogens (tertiary/aromatic N) is 2. The zero-order chi connectivity index (χ0) is 18.3. The largest absolute Gasteiger partial charge is 0.496 e. The van der Waals surface area contributed by atoms with Crippen molar-refractivity contribution in [3.8, 4) is 5.75 Å². The van der Waals surface area contributed by atoms with Gasteiger partial charge in [-0.2, -0.15) is 16.9 Å². The van der Waals surface area contributed by atoms with Gasteiger partial charge in [-0.25, -0.2) is 13.1 Å². The highest BCUT2D eigenvalue weighted by Crippen LogP contribution is 2.38. The number of methoxy groups -OCH3 is 1. The third kappa shape index (κ3) is 3.09. The van der Waals surface area contributed by atoms with Crippen molar-refractivity contribution in [2.75, 3.05) is 23.9 Å². The lowest BCUT2D eigenvalue weighted by atomic mass is 10.2. The van der Waals surface area contributed by atoms with Gasteiger partial charge >= 0.3 is 0 Å². The number of benzene rings is 1. The maximum Gasteiger partial charge on any atom is 0.260 e. The molecule has 1 saturated heterocycles. The van der Waals surface area contributed by atoms with Gasteiger partial charge in [-0.3, -0.25) is 4.79 Å². The van der Waals surface area contributed by atoms with Crippen molar-refractivity contribution in [2.45, 2.75) is 24.0 Å². The van der Waals surface area contributed by atoms with Gasteiger partial charge in [0.2, 0.25) is 0 Å². The Bertz CT molecular complexity index is 968. The van der Waals surface area contributed by atoms with Crippen LogP contribution in [0.15, 0.2) is 24.3 Å². The van der Waals surface area contributed by atoms with E-state index in [1.165, 1.54) is 7.11 Å². The standard InChI is InChI=1S/C17H19N3O4S2/c1-24-15-5-3-2-4-12(15)17(21)18-16-13-8-25-9-14(13)19-20(16)11-6-7-26(22,23)10-11/h2-5,11H,6-10H2,1H3,(H,18,21). The number of carbonyl (C=O) groups excluding carboxylic acids is 1. The van der Waals surface area contributed by atoms with Crippen LogP contribution in [0.3, 0.4) is 0 Å². The number of ether oxygens (including phenoxy) is 1. The molecule has 26 heavy (non-hydrogen) atoms. The average Bonchev–Trinajstić information content (AvgIpc) is 3.30. The average molecular weight is 393 g/mol. The molecule has 4 rings (SSSR count). The molecule has 0 spiro atoms. The van der Waals surface area contributed by atoms with Gasteiger partial charge in [0, 0.05) is 17.1 Å². The predicted molar refractivity (Wildman–Crippen MR) is 100 cm³/mol. The Morgan fingerprint density at radius 1 is 1.35 bits per heavy atom. The molecule has 0 radical (unpaired) electrons. The maximum absolute atomic E-state index is 12.8. The number of fused-ring (bicyclic) bond motifs is 1. The first-order chi connectivity index (χ1) is 12.5. The van der Waals surface area contributed by atoms with Gasteiger partial charge in [0.05, 0.1) is 35.9 Å². The van der Waals surface area contributed by atoms with Crippen LogP contribution >= 0.6 is 11.8 Å². The second kappa shape index (κ2) is 6.62. The number of thioether (sulfide) groups is 1. The Morgan fingerprint density at radius 3 is 2.88 bits per heavy atom. The fourth-order valence-electron chi connectivity index (χ4n) is 3.41. The van der Waals surface area contributed by atoms with E-state index in [0.29, 0.717) is 23.6 Å². The number of carbonyl (C=O) groups is 1. The van der Waals surface area contributed by atoms with Crippen LogP contribution in [-0.2, 0) is 21.3 Å². The molecule has 2 aliphatic heterocycles. The van der Waals surface area contributed by atoms with Crippen molar-refractivity contribution in [3.05, 3.63) is 41.1 Å². The van der Waals surface area contributed by atoms with Gasteiger partial charge in [-0.15, -0.1) is 0 Å². The van der Waals surface area contributed by atoms with Crippen LogP contribution in [0.25, 0.3) is 0 Å². The Labute approximate surface area is 156 Å². The predicted octanol–water partition coefficient (Wildman–Crippen LogP) is 2.25. The first-order valence-electron chi connectivity index (χ1n) is 8.31. The fourth-order valence-corrected chi connectivity index (χ4v) is 6.13. The lowest BCUT2D eigenvalue weighted by Gasteiger charge is -2.16. The van der Waals surface area contributed by atoms with Crippen molar-refractivity contribution in [3.63, 3.8) is 0 Å². The number of hydrogen-bond donors (Lipinski definition) is 1. The van der Waals surface area contributed by atoms with Crippen LogP contribution in [0.4, 0.5) is 5.82 Å². The molecule has 1 fully saturated rings. The summed E-state index contributed by atoms with van der Waals surface area (Å²) in [5.41, 5.74) is 2.35. The number of rotatable bonds is 4. The molecule has 1 aromatic heterocycles. The van der Waals surface area contributed by atoms with Crippen LogP contribution in [0.1, 0.15) is 34.1 Å². The van der Waals surface area contributed by atoms with Crippen molar-refractivity contribution < 1.29 is 17.9 Å². The van der Waals surface area contributed by atoms with Crippen LogP contribution in [0.2, 0.25) is 0 Å². The number of para-hydroxylation sites is 1. The lowest BCUT2D eigenvalue weighted by Crippen LogP contribution is -2.20. The molecular formula is C17H19N3O4S2. The van der Waals surface area contributed by atoms with E-state index in [1.54, 1.807) is 40.7 Å². The van der Waals surface area contributed by atoms with E-state index in [9.17, 15) is 13.2 Å². The van der Waals surface area contributed by atoms with Crippen LogP contribution in [0.5, 0.6) is 5.75 Å². The molecule has 9 heteroatoms. The third-order valence-electron chi connectivity index (χ3n) is 4.71. The lowest BCUT2D eigenvalue weighted by molar-refractivity contribution is 0.102. The molecule has 0 aliphatic carbocycles. The van der Waals surface area contributed by atoms with Crippen molar-refractivity contribution in [1.82, 2.24) is 9.78 Å². The van der Waals surface area contributed by atoms with Crippen LogP contribution < -0.4 is 10.1 Å². The van der Waals surface area contributed by atoms with Crippen LogP contribution in [0, 0.1) is 0 Å². The van der Waals surface area contributed by atoms with Gasteiger partial charge in [0.1, 0.15) is 11.6 Å². The van der Waals surface area contributed by atoms with E-state index in [0.717, 1.165) is 22.8 Å². The third-order valence-corrected chi connectivity index (χ3v) is 7.44. The summed E-state index contributed by atoms with van der Waals surface area (Å²) in [4.78, 5) is 12.8. The summed E-state index contributed by atoms with van der Waals surface area (Å²) in [7, 11) is -1.52. The molecular weight excluding hydrogens is 374 g/mol. The quantitative estimate of drug-likeness (QED) is 0.857. The molecule has 1 aromatic carbocycles. The molecule has 2 aliphatic rings. The van der Waals surface area contributed by atoms with Crippen molar-refractivity contribution >= 4 is 33.3 Å². The molecule has 138 valence electrons. The number of amides is 1. The molecule has 1 amide bonds. The van der Waals surface area contributed by atoms with E-state index in [4.69, 9.17) is 4.74 Å². The zero-order valence-corrected chi connectivity index (χ0v) is 15.9. The summed E-state index contributed by atoms with van der Waals surface area (Å²) in [5, 5.41) is 7.57. The smallest absolute Gasteiger partial charge is 0.260 e. The minimum absolute atomic E-state index is 0.0677. The molecule has 1 N–H and O–H groups in total. The highest BCUT2D eigenvalue weighted by molar-refractivity contribution is 7.98. The monoisotopic (exact) mass is 393 g/mol. The minimum atomic E-state index is -3.04. The number of hydrogen-bond acceptors (Lipinski definition) is 6. The zero-order valence-electron chi connectivity index (χ0n) is 14.3. The van der Waals surface area contributed by atoms with Crippen LogP contribution in [-0.4, -0.2) is 42.7 Å². The maximum atomic E-state index is 12.8. The van der Waals surface area contributed by atoms with Gasteiger partial charge in [-0.1, -0.05) is 12.1 Å². The number of sulfone groups is 1. The highest BCUT2D eigenvalue weighted by Gasteiger charge is 2.34. The minimum Gasteiger partial charge on any atom is -0.496 e. The van der Waals surface area contributed by atoms with E-state index >= 15 is 0 Å². The Kier molecular flexibility index (Phi) is 4.44. The van der Waals surface area contributed by atoms with E-state index in [-0.39, 0.29) is 23.5 Å². The van der Waals surface area contributed by atoms with Gasteiger partial charge in [0.15, 0.2) is 9.84 Å². The molecule has 3 heterocycles. The van der Waals surface area contributed by atoms with E-state index < -0.39 is 9.84 Å². The number of aromatic nitrogens is 2.